The lowest BCUT2D eigenvalue weighted by Gasteiger charge is -2.40. The van der Waals surface area contributed by atoms with Gasteiger partial charge in [-0.15, -0.1) is 0 Å². The number of rotatable bonds is 8. The van der Waals surface area contributed by atoms with Crippen molar-refractivity contribution in [3.05, 3.63) is 57.1 Å². The molecule has 0 saturated carbocycles. The first-order chi connectivity index (χ1) is 14.6. The van der Waals surface area contributed by atoms with Gasteiger partial charge in [0.1, 0.15) is 0 Å². The van der Waals surface area contributed by atoms with Gasteiger partial charge in [-0.25, -0.2) is 9.90 Å². The highest BCUT2D eigenvalue weighted by atomic mass is 79.9. The van der Waals surface area contributed by atoms with Crippen molar-refractivity contribution in [1.82, 2.24) is 10.6 Å². The quantitative estimate of drug-likeness (QED) is 0.251. The number of nitrogen functional groups attached to an aromatic ring is 1. The molecule has 2 aromatic rings. The molecule has 1 aliphatic rings. The molecule has 0 radical (unpaired) electrons. The zero-order chi connectivity index (χ0) is 22.9. The molecule has 8 heteroatoms. The molecule has 0 amide bonds. The molecule has 0 heterocycles. The van der Waals surface area contributed by atoms with Gasteiger partial charge in [0.05, 0.1) is 28.5 Å². The minimum Gasteiger partial charge on any atom is -0.397 e. The first-order valence-electron chi connectivity index (χ1n) is 10.4. The molecule has 0 atom stereocenters. The Kier molecular flexibility index (Phi) is 6.85. The molecule has 7 nitrogen and oxygen atoms in total. The predicted molar refractivity (Wildman–Crippen MR) is 126 cm³/mol. The maximum atomic E-state index is 13.5. The molecule has 166 valence electrons. The first kappa shape index (κ1) is 23.4. The van der Waals surface area contributed by atoms with Crippen LogP contribution in [0.3, 0.4) is 0 Å². The SMILES string of the molecule is CCNC(C)(NCC)ON(c1cc(Br)c(N)c2c1C(=O)c1ccccc1C2=O)C(C)C. The number of ketones is 2. The van der Waals surface area contributed by atoms with Crippen LogP contribution in [0, 0.1) is 0 Å². The predicted octanol–water partition coefficient (Wildman–Crippen LogP) is 3.85. The van der Waals surface area contributed by atoms with Crippen molar-refractivity contribution in [1.29, 1.82) is 0 Å². The largest absolute Gasteiger partial charge is 0.397 e. The number of hydrogen-bond acceptors (Lipinski definition) is 7. The second-order valence-corrected chi connectivity index (χ2v) is 8.70. The Morgan fingerprint density at radius 2 is 1.58 bits per heavy atom. The molecule has 0 bridgehead atoms. The summed E-state index contributed by atoms with van der Waals surface area (Å²) in [5, 5.41) is 8.25. The summed E-state index contributed by atoms with van der Waals surface area (Å²) in [5.41, 5.74) is 8.20. The van der Waals surface area contributed by atoms with Crippen LogP contribution >= 0.6 is 15.9 Å². The number of nitrogens with one attached hydrogen (secondary N) is 2. The maximum absolute atomic E-state index is 13.5. The number of hydroxylamine groups is 1. The molecule has 0 spiro atoms. The molecule has 0 aromatic heterocycles. The minimum absolute atomic E-state index is 0.142. The normalized spacial score (nSPS) is 13.4. The fourth-order valence-corrected chi connectivity index (χ4v) is 4.29. The molecule has 3 rings (SSSR count). The molecule has 1 aliphatic carbocycles. The summed E-state index contributed by atoms with van der Waals surface area (Å²) >= 11 is 3.47. The Labute approximate surface area is 191 Å². The van der Waals surface area contributed by atoms with Crippen molar-refractivity contribution in [3.63, 3.8) is 0 Å². The third-order valence-electron chi connectivity index (χ3n) is 5.18. The summed E-state index contributed by atoms with van der Waals surface area (Å²) in [6.07, 6.45) is 0. The van der Waals surface area contributed by atoms with E-state index in [9.17, 15) is 9.59 Å². The van der Waals surface area contributed by atoms with Crippen LogP contribution < -0.4 is 21.4 Å². The minimum atomic E-state index is -0.881. The lowest BCUT2D eigenvalue weighted by molar-refractivity contribution is -0.100. The monoisotopic (exact) mass is 488 g/mol. The lowest BCUT2D eigenvalue weighted by atomic mass is 9.82. The summed E-state index contributed by atoms with van der Waals surface area (Å²) in [5.74, 6) is -1.40. The average molecular weight is 489 g/mol. The number of fused-ring (bicyclic) bond motifs is 2. The number of benzene rings is 2. The fourth-order valence-electron chi connectivity index (χ4n) is 3.87. The van der Waals surface area contributed by atoms with Gasteiger partial charge >= 0.3 is 0 Å². The standard InChI is InChI=1S/C23H29BrN4O3/c1-6-26-23(5,27-7-2)31-28(13(3)4)17-12-16(24)20(25)19-18(17)21(29)14-10-8-9-11-15(14)22(19)30/h8-13,26-27H,6-7,25H2,1-5H3. The van der Waals surface area contributed by atoms with Crippen LogP contribution in [0.25, 0.3) is 0 Å². The Morgan fingerprint density at radius 1 is 1.06 bits per heavy atom. The van der Waals surface area contributed by atoms with Gasteiger partial charge in [0.25, 0.3) is 0 Å². The van der Waals surface area contributed by atoms with Crippen molar-refractivity contribution < 1.29 is 14.4 Å². The van der Waals surface area contributed by atoms with E-state index in [1.54, 1.807) is 35.4 Å². The average Bonchev–Trinajstić information content (AvgIpc) is 2.72. The van der Waals surface area contributed by atoms with E-state index in [0.717, 1.165) is 0 Å². The van der Waals surface area contributed by atoms with Crippen molar-refractivity contribution in [2.75, 3.05) is 23.9 Å². The number of anilines is 2. The molecule has 0 aliphatic heterocycles. The number of carbonyl (C=O) groups excluding carboxylic acids is 2. The summed E-state index contributed by atoms with van der Waals surface area (Å²) < 4.78 is 0.532. The van der Waals surface area contributed by atoms with Gasteiger partial charge in [0.2, 0.25) is 0 Å². The van der Waals surface area contributed by atoms with Gasteiger partial charge in [0.15, 0.2) is 17.4 Å². The molecule has 0 unspecified atom stereocenters. The van der Waals surface area contributed by atoms with Gasteiger partial charge in [0, 0.05) is 15.6 Å². The number of nitrogens with zero attached hydrogens (tertiary/aromatic N) is 1. The van der Waals surface area contributed by atoms with Crippen LogP contribution in [0.1, 0.15) is 66.5 Å². The second-order valence-electron chi connectivity index (χ2n) is 7.85. The van der Waals surface area contributed by atoms with E-state index >= 15 is 0 Å². The smallest absolute Gasteiger partial charge is 0.197 e. The zero-order valence-corrected chi connectivity index (χ0v) is 20.1. The highest BCUT2D eigenvalue weighted by Gasteiger charge is 2.38. The molecular formula is C23H29BrN4O3. The lowest BCUT2D eigenvalue weighted by Crippen LogP contribution is -2.60. The highest BCUT2D eigenvalue weighted by molar-refractivity contribution is 9.10. The molecule has 31 heavy (non-hydrogen) atoms. The van der Waals surface area contributed by atoms with Crippen LogP contribution in [-0.2, 0) is 4.84 Å². The Balaban J connectivity index is 2.22. The molecule has 4 N–H and O–H groups in total. The molecular weight excluding hydrogens is 460 g/mol. The van der Waals surface area contributed by atoms with E-state index in [1.807, 2.05) is 34.6 Å². The van der Waals surface area contributed by atoms with E-state index < -0.39 is 5.85 Å². The highest BCUT2D eigenvalue weighted by Crippen LogP contribution is 2.41. The van der Waals surface area contributed by atoms with Crippen molar-refractivity contribution in [2.45, 2.75) is 46.5 Å². The van der Waals surface area contributed by atoms with Gasteiger partial charge in [-0.2, -0.15) is 0 Å². The van der Waals surface area contributed by atoms with E-state index in [0.29, 0.717) is 34.4 Å². The van der Waals surface area contributed by atoms with Crippen molar-refractivity contribution >= 4 is 38.9 Å². The van der Waals surface area contributed by atoms with Crippen molar-refractivity contribution in [2.24, 2.45) is 0 Å². The van der Waals surface area contributed by atoms with Crippen LogP contribution in [0.15, 0.2) is 34.8 Å². The molecule has 2 aromatic carbocycles. The zero-order valence-electron chi connectivity index (χ0n) is 18.5. The first-order valence-corrected chi connectivity index (χ1v) is 11.2. The van der Waals surface area contributed by atoms with Crippen LogP contribution in [-0.4, -0.2) is 36.5 Å². The Bertz CT molecular complexity index is 1020. The summed E-state index contributed by atoms with van der Waals surface area (Å²) in [4.78, 5) is 33.3. The van der Waals surface area contributed by atoms with Crippen molar-refractivity contribution in [3.8, 4) is 0 Å². The van der Waals surface area contributed by atoms with Gasteiger partial charge in [-0.05, 0) is 55.9 Å². The van der Waals surface area contributed by atoms with E-state index in [2.05, 4.69) is 26.6 Å². The Morgan fingerprint density at radius 3 is 2.06 bits per heavy atom. The van der Waals surface area contributed by atoms with Crippen LogP contribution in [0.4, 0.5) is 11.4 Å². The third-order valence-corrected chi connectivity index (χ3v) is 5.84. The number of carbonyl (C=O) groups is 2. The van der Waals surface area contributed by atoms with Gasteiger partial charge in [-0.1, -0.05) is 38.1 Å². The third kappa shape index (κ3) is 4.25. The maximum Gasteiger partial charge on any atom is 0.197 e. The summed E-state index contributed by atoms with van der Waals surface area (Å²) in [6, 6.07) is 8.42. The Hall–Kier alpha value is -2.26. The van der Waals surface area contributed by atoms with E-state index in [4.69, 9.17) is 10.6 Å². The summed E-state index contributed by atoms with van der Waals surface area (Å²) in [7, 11) is 0. The van der Waals surface area contributed by atoms with Gasteiger partial charge < -0.3 is 5.73 Å². The number of hydrogen-bond donors (Lipinski definition) is 3. The van der Waals surface area contributed by atoms with Crippen LogP contribution in [0.2, 0.25) is 0 Å². The second kappa shape index (κ2) is 9.08. The summed E-state index contributed by atoms with van der Waals surface area (Å²) in [6.45, 7) is 11.1. The molecule has 0 fully saturated rings. The van der Waals surface area contributed by atoms with Crippen LogP contribution in [0.5, 0.6) is 0 Å². The number of halogens is 1. The van der Waals surface area contributed by atoms with Gasteiger partial charge in [-0.3, -0.25) is 20.2 Å². The molecule has 0 saturated heterocycles. The van der Waals surface area contributed by atoms with E-state index in [1.165, 1.54) is 0 Å². The number of nitrogens with two attached hydrogens (primary N) is 1. The van der Waals surface area contributed by atoms with E-state index in [-0.39, 0.29) is 34.4 Å². The topological polar surface area (TPSA) is 96.7 Å². The fraction of sp³-hybridized carbons (Fsp3) is 0.391.